The van der Waals surface area contributed by atoms with Gasteiger partial charge in [-0.1, -0.05) is 71.8 Å². The fourth-order valence-electron chi connectivity index (χ4n) is 6.15. The van der Waals surface area contributed by atoms with Gasteiger partial charge in [-0.15, -0.1) is 13.2 Å². The minimum atomic E-state index is -0.808. The zero-order valence-corrected chi connectivity index (χ0v) is 27.9. The average molecular weight is 649 g/mol. The van der Waals surface area contributed by atoms with Crippen LogP contribution in [0.3, 0.4) is 0 Å². The number of ether oxygens (including phenoxy) is 3. The number of nitrogens with zero attached hydrogens (tertiary/aromatic N) is 2. The predicted octanol–water partition coefficient (Wildman–Crippen LogP) is 7.00. The smallest absolute Gasteiger partial charge is 0.410 e. The van der Waals surface area contributed by atoms with E-state index in [0.717, 1.165) is 22.3 Å². The molecular weight excluding hydrogens is 600 g/mol. The number of allylic oxidation sites excluding steroid dienone is 2. The molecule has 0 saturated carbocycles. The van der Waals surface area contributed by atoms with Crippen LogP contribution in [0.1, 0.15) is 63.5 Å². The van der Waals surface area contributed by atoms with E-state index >= 15 is 0 Å². The van der Waals surface area contributed by atoms with Gasteiger partial charge in [-0.25, -0.2) is 9.59 Å². The summed E-state index contributed by atoms with van der Waals surface area (Å²) in [6.07, 6.45) is 2.29. The minimum Gasteiger partial charge on any atom is -0.481 e. The number of carbonyl (C=O) groups is 4. The first kappa shape index (κ1) is 36.9. The molecule has 2 aliphatic rings. The summed E-state index contributed by atoms with van der Waals surface area (Å²) in [5.74, 6) is -1.03. The van der Waals surface area contributed by atoms with Gasteiger partial charge in [0.05, 0.1) is 17.9 Å². The normalized spacial score (nSPS) is 16.5. The molecule has 2 aromatic rings. The molecule has 10 nitrogen and oxygen atoms in total. The van der Waals surface area contributed by atoms with Crippen LogP contribution in [0.5, 0.6) is 0 Å². The SMILES string of the molecule is C=C(C)CC1(C(=O)O)CCN(C(=O)OCc2ccccc2)CC1.C=C(C)CC1(C(=O)OC)CCN(C(=O)OCc2ccccc2)CC1. The Bertz CT molecular complexity index is 1380. The van der Waals surface area contributed by atoms with Crippen LogP contribution in [0.2, 0.25) is 0 Å². The Morgan fingerprint density at radius 3 is 1.38 bits per heavy atom. The molecule has 2 fully saturated rings. The van der Waals surface area contributed by atoms with Gasteiger partial charge >= 0.3 is 24.1 Å². The van der Waals surface area contributed by atoms with Crippen molar-refractivity contribution in [3.05, 3.63) is 96.1 Å². The van der Waals surface area contributed by atoms with E-state index in [1.165, 1.54) is 7.11 Å². The highest BCUT2D eigenvalue weighted by atomic mass is 16.6. The van der Waals surface area contributed by atoms with E-state index in [2.05, 4.69) is 13.2 Å². The van der Waals surface area contributed by atoms with Gasteiger partial charge in [0.2, 0.25) is 0 Å². The zero-order chi connectivity index (χ0) is 34.5. The second kappa shape index (κ2) is 17.4. The standard InChI is InChI=1S/C19H25NO4.C18H23NO4/c1-15(2)13-19(17(21)23-3)9-11-20(12-10-19)18(22)24-14-16-7-5-4-6-8-16;1-14(2)12-18(16(20)21)8-10-19(11-9-18)17(22)23-13-15-6-4-3-5-7-15/h4-8H,1,9-14H2,2-3H3;3-7H,1,8-13H2,2H3,(H,20,21). The monoisotopic (exact) mass is 648 g/mol. The van der Waals surface area contributed by atoms with Crippen molar-refractivity contribution in [3.8, 4) is 0 Å². The lowest BCUT2D eigenvalue weighted by Gasteiger charge is -2.39. The van der Waals surface area contributed by atoms with Crippen LogP contribution in [0.25, 0.3) is 0 Å². The zero-order valence-electron chi connectivity index (χ0n) is 27.9. The minimum absolute atomic E-state index is 0.220. The summed E-state index contributed by atoms with van der Waals surface area (Å²) in [6.45, 7) is 13.7. The first-order chi connectivity index (χ1) is 22.4. The third kappa shape index (κ3) is 10.7. The molecule has 2 aliphatic heterocycles. The molecule has 0 spiro atoms. The molecular formula is C37H48N2O8. The van der Waals surface area contributed by atoms with E-state index < -0.39 is 16.8 Å². The van der Waals surface area contributed by atoms with Crippen molar-refractivity contribution in [2.24, 2.45) is 10.8 Å². The van der Waals surface area contributed by atoms with E-state index in [1.54, 1.807) is 9.80 Å². The number of hydrogen-bond acceptors (Lipinski definition) is 7. The van der Waals surface area contributed by atoms with Gasteiger partial charge in [-0.05, 0) is 63.5 Å². The largest absolute Gasteiger partial charge is 0.481 e. The Morgan fingerprint density at radius 1 is 0.681 bits per heavy atom. The molecule has 2 heterocycles. The van der Waals surface area contributed by atoms with Crippen molar-refractivity contribution in [3.63, 3.8) is 0 Å². The third-order valence-corrected chi connectivity index (χ3v) is 8.72. The number of esters is 1. The number of aliphatic carboxylic acids is 1. The van der Waals surface area contributed by atoms with Crippen LogP contribution in [0.15, 0.2) is 85.0 Å². The van der Waals surface area contributed by atoms with Gasteiger partial charge in [-0.2, -0.15) is 0 Å². The van der Waals surface area contributed by atoms with E-state index in [0.29, 0.717) is 64.7 Å². The number of carboxylic acid groups (broad SMARTS) is 1. The molecule has 0 aliphatic carbocycles. The van der Waals surface area contributed by atoms with Crippen molar-refractivity contribution in [2.75, 3.05) is 33.3 Å². The summed E-state index contributed by atoms with van der Waals surface area (Å²) < 4.78 is 15.6. The second-order valence-corrected chi connectivity index (χ2v) is 12.7. The average Bonchev–Trinajstić information content (AvgIpc) is 3.07. The molecule has 254 valence electrons. The lowest BCUT2D eigenvalue weighted by molar-refractivity contribution is -0.155. The van der Waals surface area contributed by atoms with Crippen LogP contribution < -0.4 is 0 Å². The number of amides is 2. The lowest BCUT2D eigenvalue weighted by atomic mass is 9.74. The highest BCUT2D eigenvalue weighted by Gasteiger charge is 2.44. The number of methoxy groups -OCH3 is 1. The highest BCUT2D eigenvalue weighted by molar-refractivity contribution is 5.78. The van der Waals surface area contributed by atoms with Crippen LogP contribution in [0, 0.1) is 10.8 Å². The number of rotatable bonds is 10. The number of carbonyl (C=O) groups excluding carboxylic acids is 3. The predicted molar refractivity (Wildman–Crippen MR) is 178 cm³/mol. The molecule has 2 saturated heterocycles. The van der Waals surface area contributed by atoms with Gasteiger partial charge in [0.15, 0.2) is 0 Å². The van der Waals surface area contributed by atoms with Gasteiger partial charge < -0.3 is 29.1 Å². The number of piperidine rings is 2. The van der Waals surface area contributed by atoms with E-state index in [1.807, 2.05) is 74.5 Å². The number of benzene rings is 2. The van der Waals surface area contributed by atoms with Crippen molar-refractivity contribution in [1.29, 1.82) is 0 Å². The summed E-state index contributed by atoms with van der Waals surface area (Å²) in [7, 11) is 1.41. The van der Waals surface area contributed by atoms with Crippen LogP contribution in [-0.4, -0.2) is 72.3 Å². The van der Waals surface area contributed by atoms with Crippen molar-refractivity contribution < 1.29 is 38.5 Å². The fraction of sp³-hybridized carbons (Fsp3) is 0.459. The maximum atomic E-state index is 12.2. The summed E-state index contributed by atoms with van der Waals surface area (Å²) in [4.78, 5) is 51.4. The number of likely N-dealkylation sites (tertiary alicyclic amines) is 2. The van der Waals surface area contributed by atoms with E-state index in [4.69, 9.17) is 14.2 Å². The molecule has 1 N–H and O–H groups in total. The topological polar surface area (TPSA) is 123 Å². The molecule has 47 heavy (non-hydrogen) atoms. The summed E-state index contributed by atoms with van der Waals surface area (Å²) in [5.41, 5.74) is 2.31. The first-order valence-corrected chi connectivity index (χ1v) is 15.9. The van der Waals surface area contributed by atoms with Crippen molar-refractivity contribution >= 4 is 24.1 Å². The molecule has 0 aromatic heterocycles. The number of carboxylic acids is 1. The van der Waals surface area contributed by atoms with Gasteiger partial charge in [0.25, 0.3) is 0 Å². The second-order valence-electron chi connectivity index (χ2n) is 12.7. The van der Waals surface area contributed by atoms with Gasteiger partial charge in [0, 0.05) is 26.2 Å². The maximum absolute atomic E-state index is 12.2. The summed E-state index contributed by atoms with van der Waals surface area (Å²) in [6, 6.07) is 19.0. The summed E-state index contributed by atoms with van der Waals surface area (Å²) in [5, 5.41) is 9.54. The highest BCUT2D eigenvalue weighted by Crippen LogP contribution is 2.39. The summed E-state index contributed by atoms with van der Waals surface area (Å²) >= 11 is 0. The molecule has 2 aromatic carbocycles. The Hall–Kier alpha value is -4.60. The van der Waals surface area contributed by atoms with Crippen LogP contribution >= 0.6 is 0 Å². The lowest BCUT2D eigenvalue weighted by Crippen LogP contribution is -2.47. The Balaban J connectivity index is 0.000000256. The molecule has 0 bridgehead atoms. The maximum Gasteiger partial charge on any atom is 0.410 e. The molecule has 4 rings (SSSR count). The van der Waals surface area contributed by atoms with Gasteiger partial charge in [0.1, 0.15) is 13.2 Å². The first-order valence-electron chi connectivity index (χ1n) is 15.9. The molecule has 10 heteroatoms. The Labute approximate surface area is 278 Å². The fourth-order valence-corrected chi connectivity index (χ4v) is 6.15. The number of hydrogen-bond donors (Lipinski definition) is 1. The molecule has 0 atom stereocenters. The van der Waals surface area contributed by atoms with Gasteiger partial charge in [-0.3, -0.25) is 9.59 Å². The van der Waals surface area contributed by atoms with Crippen molar-refractivity contribution in [2.45, 2.75) is 65.6 Å². The van der Waals surface area contributed by atoms with Crippen molar-refractivity contribution in [1.82, 2.24) is 9.80 Å². The molecule has 2 amide bonds. The van der Waals surface area contributed by atoms with Crippen LogP contribution in [0.4, 0.5) is 9.59 Å². The Morgan fingerprint density at radius 2 is 1.04 bits per heavy atom. The molecule has 0 radical (unpaired) electrons. The Kier molecular flexibility index (Phi) is 13.6. The van der Waals surface area contributed by atoms with Crippen LogP contribution in [-0.2, 0) is 37.0 Å². The third-order valence-electron chi connectivity index (χ3n) is 8.72. The van der Waals surface area contributed by atoms with E-state index in [9.17, 15) is 24.3 Å². The molecule has 0 unspecified atom stereocenters. The quantitative estimate of drug-likeness (QED) is 0.166. The van der Waals surface area contributed by atoms with E-state index in [-0.39, 0.29) is 31.4 Å².